The number of hydrogen-bond acceptors (Lipinski definition) is 4. The molecule has 1 rings (SSSR count). The molecular weight excluding hydrogens is 288 g/mol. The second kappa shape index (κ2) is 12.8. The Morgan fingerprint density at radius 1 is 1.22 bits per heavy atom. The standard InChI is InChI=1S/C19H30N2O2/c1-2-23-19(22)15-17(9-4-3-7-13-20)10-5-6-11-18-12-8-14-21-16-18/h8,12,14-16H,2-7,9-11,13,20H2,1H3/b17-15+. The number of rotatable bonds is 12. The summed E-state index contributed by atoms with van der Waals surface area (Å²) in [6.45, 7) is 3.00. The highest BCUT2D eigenvalue weighted by atomic mass is 16.5. The van der Waals surface area contributed by atoms with Gasteiger partial charge in [-0.15, -0.1) is 0 Å². The summed E-state index contributed by atoms with van der Waals surface area (Å²) in [4.78, 5) is 15.8. The molecule has 1 aromatic rings. The number of carbonyl (C=O) groups excluding carboxylic acids is 1. The van der Waals surface area contributed by atoms with Gasteiger partial charge >= 0.3 is 5.97 Å². The van der Waals surface area contributed by atoms with Gasteiger partial charge in [0.1, 0.15) is 0 Å². The fourth-order valence-corrected chi connectivity index (χ4v) is 2.52. The monoisotopic (exact) mass is 318 g/mol. The van der Waals surface area contributed by atoms with Crippen LogP contribution in [-0.2, 0) is 16.0 Å². The SMILES string of the molecule is CCOC(=O)/C=C(\CCCCCN)CCCCc1cccnc1. The van der Waals surface area contributed by atoms with Gasteiger partial charge in [-0.25, -0.2) is 4.79 Å². The van der Waals surface area contributed by atoms with Crippen LogP contribution in [-0.4, -0.2) is 24.1 Å². The summed E-state index contributed by atoms with van der Waals surface area (Å²) in [5.41, 5.74) is 8.00. The molecule has 0 atom stereocenters. The van der Waals surface area contributed by atoms with Crippen molar-refractivity contribution in [3.63, 3.8) is 0 Å². The number of hydrogen-bond donors (Lipinski definition) is 1. The van der Waals surface area contributed by atoms with E-state index in [9.17, 15) is 4.79 Å². The lowest BCUT2D eigenvalue weighted by atomic mass is 9.99. The lowest BCUT2D eigenvalue weighted by Gasteiger charge is -2.08. The molecule has 2 N–H and O–H groups in total. The summed E-state index contributed by atoms with van der Waals surface area (Å²) >= 11 is 0. The molecule has 0 fully saturated rings. The van der Waals surface area contributed by atoms with Gasteiger partial charge in [-0.2, -0.15) is 0 Å². The molecule has 0 bridgehead atoms. The van der Waals surface area contributed by atoms with Crippen LogP contribution in [0.1, 0.15) is 57.4 Å². The molecule has 0 aromatic carbocycles. The molecule has 0 spiro atoms. The Labute approximate surface area is 140 Å². The molecule has 1 heterocycles. The molecule has 0 aliphatic heterocycles. The number of nitrogens with zero attached hydrogens (tertiary/aromatic N) is 1. The Bertz CT molecular complexity index is 458. The molecule has 0 saturated carbocycles. The van der Waals surface area contributed by atoms with E-state index in [1.165, 1.54) is 11.1 Å². The predicted octanol–water partition coefficient (Wildman–Crippen LogP) is 3.80. The van der Waals surface area contributed by atoms with Crippen LogP contribution in [0.4, 0.5) is 0 Å². The van der Waals surface area contributed by atoms with Crippen molar-refractivity contribution in [3.05, 3.63) is 41.7 Å². The minimum Gasteiger partial charge on any atom is -0.463 e. The Morgan fingerprint density at radius 3 is 2.65 bits per heavy atom. The van der Waals surface area contributed by atoms with E-state index in [2.05, 4.69) is 11.1 Å². The zero-order valence-corrected chi connectivity index (χ0v) is 14.3. The number of aromatic nitrogens is 1. The van der Waals surface area contributed by atoms with Gasteiger partial charge < -0.3 is 10.5 Å². The third kappa shape index (κ3) is 9.84. The van der Waals surface area contributed by atoms with Crippen LogP contribution in [0.3, 0.4) is 0 Å². The van der Waals surface area contributed by atoms with Crippen molar-refractivity contribution in [1.29, 1.82) is 0 Å². The first-order chi connectivity index (χ1) is 11.3. The van der Waals surface area contributed by atoms with Crippen LogP contribution in [0.5, 0.6) is 0 Å². The molecule has 0 aliphatic carbocycles. The number of carbonyl (C=O) groups is 1. The fraction of sp³-hybridized carbons (Fsp3) is 0.579. The van der Waals surface area contributed by atoms with E-state index < -0.39 is 0 Å². The zero-order chi connectivity index (χ0) is 16.8. The summed E-state index contributed by atoms with van der Waals surface area (Å²) in [6.07, 6.45) is 13.8. The van der Waals surface area contributed by atoms with Crippen LogP contribution in [0, 0.1) is 0 Å². The number of ether oxygens (including phenoxy) is 1. The van der Waals surface area contributed by atoms with Crippen molar-refractivity contribution in [1.82, 2.24) is 4.98 Å². The minimum atomic E-state index is -0.214. The first-order valence-corrected chi connectivity index (χ1v) is 8.71. The first-order valence-electron chi connectivity index (χ1n) is 8.71. The Morgan fingerprint density at radius 2 is 2.00 bits per heavy atom. The van der Waals surface area contributed by atoms with Gasteiger partial charge in [0, 0.05) is 18.5 Å². The number of aryl methyl sites for hydroxylation is 1. The summed E-state index contributed by atoms with van der Waals surface area (Å²) < 4.78 is 5.03. The van der Waals surface area contributed by atoms with Gasteiger partial charge in [0.05, 0.1) is 6.61 Å². The van der Waals surface area contributed by atoms with Gasteiger partial charge in [0.15, 0.2) is 0 Å². The molecule has 0 amide bonds. The van der Waals surface area contributed by atoms with Crippen LogP contribution >= 0.6 is 0 Å². The van der Waals surface area contributed by atoms with Crippen molar-refractivity contribution < 1.29 is 9.53 Å². The fourth-order valence-electron chi connectivity index (χ4n) is 2.52. The second-order valence-corrected chi connectivity index (χ2v) is 5.72. The summed E-state index contributed by atoms with van der Waals surface area (Å²) in [5, 5.41) is 0. The highest BCUT2D eigenvalue weighted by Crippen LogP contribution is 2.17. The smallest absolute Gasteiger partial charge is 0.330 e. The van der Waals surface area contributed by atoms with Gasteiger partial charge in [-0.05, 0) is 70.0 Å². The average molecular weight is 318 g/mol. The maximum absolute atomic E-state index is 11.7. The van der Waals surface area contributed by atoms with E-state index in [4.69, 9.17) is 10.5 Å². The van der Waals surface area contributed by atoms with E-state index in [1.807, 2.05) is 19.2 Å². The molecule has 4 nitrogen and oxygen atoms in total. The average Bonchev–Trinajstić information content (AvgIpc) is 2.56. The second-order valence-electron chi connectivity index (χ2n) is 5.72. The van der Waals surface area contributed by atoms with Crippen LogP contribution < -0.4 is 5.73 Å². The number of nitrogens with two attached hydrogens (primary N) is 1. The molecule has 0 saturated heterocycles. The predicted molar refractivity (Wildman–Crippen MR) is 94.0 cm³/mol. The number of esters is 1. The molecule has 0 aliphatic rings. The quantitative estimate of drug-likeness (QED) is 0.362. The molecule has 23 heavy (non-hydrogen) atoms. The first kappa shape index (κ1) is 19.4. The maximum Gasteiger partial charge on any atom is 0.330 e. The number of pyridine rings is 1. The van der Waals surface area contributed by atoms with Gasteiger partial charge in [0.2, 0.25) is 0 Å². The van der Waals surface area contributed by atoms with Crippen LogP contribution in [0.2, 0.25) is 0 Å². The van der Waals surface area contributed by atoms with Crippen molar-refractivity contribution >= 4 is 5.97 Å². The van der Waals surface area contributed by atoms with E-state index in [-0.39, 0.29) is 5.97 Å². The molecular formula is C19H30N2O2. The topological polar surface area (TPSA) is 65.2 Å². The van der Waals surface area contributed by atoms with E-state index in [0.717, 1.165) is 57.9 Å². The van der Waals surface area contributed by atoms with Gasteiger partial charge in [-0.3, -0.25) is 4.98 Å². The molecule has 128 valence electrons. The highest BCUT2D eigenvalue weighted by Gasteiger charge is 2.04. The number of unbranched alkanes of at least 4 members (excludes halogenated alkanes) is 3. The molecule has 0 unspecified atom stereocenters. The summed E-state index contributed by atoms with van der Waals surface area (Å²) in [7, 11) is 0. The largest absolute Gasteiger partial charge is 0.463 e. The minimum absolute atomic E-state index is 0.214. The van der Waals surface area contributed by atoms with E-state index in [1.54, 1.807) is 12.3 Å². The lowest BCUT2D eigenvalue weighted by Crippen LogP contribution is -2.02. The van der Waals surface area contributed by atoms with Crippen molar-refractivity contribution in [2.45, 2.75) is 58.3 Å². The van der Waals surface area contributed by atoms with Crippen molar-refractivity contribution in [3.8, 4) is 0 Å². The van der Waals surface area contributed by atoms with Crippen LogP contribution in [0.25, 0.3) is 0 Å². The molecule has 1 aromatic heterocycles. The summed E-state index contributed by atoms with van der Waals surface area (Å²) in [6, 6.07) is 4.08. The number of allylic oxidation sites excluding steroid dienone is 1. The van der Waals surface area contributed by atoms with Crippen LogP contribution in [0.15, 0.2) is 36.2 Å². The van der Waals surface area contributed by atoms with Crippen molar-refractivity contribution in [2.24, 2.45) is 5.73 Å². The normalized spacial score (nSPS) is 11.5. The van der Waals surface area contributed by atoms with Gasteiger partial charge in [0.25, 0.3) is 0 Å². The lowest BCUT2D eigenvalue weighted by molar-refractivity contribution is -0.137. The Kier molecular flexibility index (Phi) is 10.8. The highest BCUT2D eigenvalue weighted by molar-refractivity contribution is 5.82. The van der Waals surface area contributed by atoms with Crippen molar-refractivity contribution in [2.75, 3.05) is 13.2 Å². The maximum atomic E-state index is 11.7. The molecule has 0 radical (unpaired) electrons. The molecule has 4 heteroatoms. The Balaban J connectivity index is 2.37. The van der Waals surface area contributed by atoms with E-state index >= 15 is 0 Å². The third-order valence-electron chi connectivity index (χ3n) is 3.75. The zero-order valence-electron chi connectivity index (χ0n) is 14.3. The summed E-state index contributed by atoms with van der Waals surface area (Å²) in [5.74, 6) is -0.214. The van der Waals surface area contributed by atoms with Gasteiger partial charge in [-0.1, -0.05) is 18.1 Å². The van der Waals surface area contributed by atoms with E-state index in [0.29, 0.717) is 6.61 Å². The Hall–Kier alpha value is -1.68. The third-order valence-corrected chi connectivity index (χ3v) is 3.75.